The highest BCUT2D eigenvalue weighted by atomic mass is 32.2. The molecule has 0 amide bonds. The summed E-state index contributed by atoms with van der Waals surface area (Å²) >= 11 is 4.83. The predicted molar refractivity (Wildman–Crippen MR) is 68.1 cm³/mol. The van der Waals surface area contributed by atoms with Crippen LogP contribution >= 0.6 is 12.2 Å². The molecule has 5 nitrogen and oxygen atoms in total. The predicted octanol–water partition coefficient (Wildman–Crippen LogP) is 0.500. The highest BCUT2D eigenvalue weighted by molar-refractivity contribution is 7.89. The lowest BCUT2D eigenvalue weighted by molar-refractivity contribution is 0.477. The Bertz CT molecular complexity index is 536. The third-order valence-corrected chi connectivity index (χ3v) is 4.81. The first-order chi connectivity index (χ1) is 8.03. The van der Waals surface area contributed by atoms with Crippen LogP contribution in [0.25, 0.3) is 0 Å². The SMILES string of the molecule is NC(=S)c1ncccc1S(=O)(=O)N1CCCC1. The van der Waals surface area contributed by atoms with Crippen molar-refractivity contribution in [1.82, 2.24) is 9.29 Å². The maximum absolute atomic E-state index is 12.3. The molecule has 0 aromatic carbocycles. The third kappa shape index (κ3) is 2.31. The molecule has 2 N–H and O–H groups in total. The zero-order valence-corrected chi connectivity index (χ0v) is 10.8. The second kappa shape index (κ2) is 4.67. The molecule has 2 heterocycles. The Balaban J connectivity index is 2.49. The molecule has 1 aromatic rings. The molecule has 0 unspecified atom stereocenters. The lowest BCUT2D eigenvalue weighted by atomic mass is 10.3. The Morgan fingerprint density at radius 3 is 2.65 bits per heavy atom. The van der Waals surface area contributed by atoms with Gasteiger partial charge in [-0.15, -0.1) is 0 Å². The van der Waals surface area contributed by atoms with Crippen LogP contribution in [-0.4, -0.2) is 35.8 Å². The Morgan fingerprint density at radius 1 is 1.41 bits per heavy atom. The minimum atomic E-state index is -3.51. The fourth-order valence-electron chi connectivity index (χ4n) is 1.85. The monoisotopic (exact) mass is 271 g/mol. The summed E-state index contributed by atoms with van der Waals surface area (Å²) in [7, 11) is -3.51. The molecule has 0 spiro atoms. The zero-order chi connectivity index (χ0) is 12.5. The molecule has 1 fully saturated rings. The zero-order valence-electron chi connectivity index (χ0n) is 9.17. The number of hydrogen-bond acceptors (Lipinski definition) is 4. The van der Waals surface area contributed by atoms with Gasteiger partial charge in [0.25, 0.3) is 0 Å². The number of thiocarbonyl (C=S) groups is 1. The summed E-state index contributed by atoms with van der Waals surface area (Å²) in [6, 6.07) is 3.07. The highest BCUT2D eigenvalue weighted by Gasteiger charge is 2.30. The van der Waals surface area contributed by atoms with Crippen molar-refractivity contribution < 1.29 is 8.42 Å². The van der Waals surface area contributed by atoms with E-state index in [2.05, 4.69) is 4.98 Å². The molecule has 7 heteroatoms. The van der Waals surface area contributed by atoms with Gasteiger partial charge in [-0.1, -0.05) is 12.2 Å². The fourth-order valence-corrected chi connectivity index (χ4v) is 3.75. The molecular weight excluding hydrogens is 258 g/mol. The number of sulfonamides is 1. The van der Waals surface area contributed by atoms with Gasteiger partial charge in [0.05, 0.1) is 0 Å². The number of hydrogen-bond donors (Lipinski definition) is 1. The molecule has 0 bridgehead atoms. The second-order valence-corrected chi connectivity index (χ2v) is 6.17. The maximum atomic E-state index is 12.3. The Kier molecular flexibility index (Phi) is 3.41. The van der Waals surface area contributed by atoms with Gasteiger partial charge in [-0.3, -0.25) is 4.98 Å². The van der Waals surface area contributed by atoms with Gasteiger partial charge in [0.15, 0.2) is 0 Å². The topological polar surface area (TPSA) is 76.3 Å². The third-order valence-electron chi connectivity index (χ3n) is 2.69. The molecule has 92 valence electrons. The smallest absolute Gasteiger partial charge is 0.245 e. The van der Waals surface area contributed by atoms with E-state index < -0.39 is 10.0 Å². The van der Waals surface area contributed by atoms with Crippen LogP contribution in [0.5, 0.6) is 0 Å². The molecule has 0 atom stereocenters. The first kappa shape index (κ1) is 12.4. The standard InChI is InChI=1S/C10H13N3O2S2/c11-10(16)9-8(4-3-5-12-9)17(14,15)13-6-1-2-7-13/h3-5H,1-2,6-7H2,(H2,11,16). The largest absolute Gasteiger partial charge is 0.388 e. The Hall–Kier alpha value is -1.05. The minimum absolute atomic E-state index is 0.00312. The number of rotatable bonds is 3. The summed E-state index contributed by atoms with van der Waals surface area (Å²) in [5.74, 6) is 0. The van der Waals surface area contributed by atoms with Gasteiger partial charge in [-0.05, 0) is 25.0 Å². The number of pyridine rings is 1. The van der Waals surface area contributed by atoms with Crippen molar-refractivity contribution in [2.24, 2.45) is 5.73 Å². The van der Waals surface area contributed by atoms with Crippen LogP contribution in [0.15, 0.2) is 23.2 Å². The van der Waals surface area contributed by atoms with Gasteiger partial charge in [-0.2, -0.15) is 4.31 Å². The Labute approximate surface area is 106 Å². The van der Waals surface area contributed by atoms with Crippen LogP contribution in [-0.2, 0) is 10.0 Å². The van der Waals surface area contributed by atoms with Gasteiger partial charge in [-0.25, -0.2) is 8.42 Å². The molecule has 1 saturated heterocycles. The summed E-state index contributed by atoms with van der Waals surface area (Å²) in [5.41, 5.74) is 5.67. The van der Waals surface area contributed by atoms with Crippen LogP contribution < -0.4 is 5.73 Å². The van der Waals surface area contributed by atoms with E-state index >= 15 is 0 Å². The average Bonchev–Trinajstić information content (AvgIpc) is 2.83. The van der Waals surface area contributed by atoms with E-state index in [0.717, 1.165) is 12.8 Å². The number of aromatic nitrogens is 1. The Morgan fingerprint density at radius 2 is 2.06 bits per heavy atom. The molecule has 1 aromatic heterocycles. The van der Waals surface area contributed by atoms with Crippen LogP contribution in [0, 0.1) is 0 Å². The minimum Gasteiger partial charge on any atom is -0.388 e. The summed E-state index contributed by atoms with van der Waals surface area (Å²) in [6.45, 7) is 1.10. The lowest BCUT2D eigenvalue weighted by Crippen LogP contribution is -2.30. The average molecular weight is 271 g/mol. The summed E-state index contributed by atoms with van der Waals surface area (Å²) in [6.07, 6.45) is 3.27. The highest BCUT2D eigenvalue weighted by Crippen LogP contribution is 2.22. The lowest BCUT2D eigenvalue weighted by Gasteiger charge is -2.16. The van der Waals surface area contributed by atoms with Crippen molar-refractivity contribution in [3.63, 3.8) is 0 Å². The van der Waals surface area contributed by atoms with E-state index in [0.29, 0.717) is 13.1 Å². The molecule has 1 aliphatic rings. The van der Waals surface area contributed by atoms with Gasteiger partial charge < -0.3 is 5.73 Å². The first-order valence-electron chi connectivity index (χ1n) is 5.28. The first-order valence-corrected chi connectivity index (χ1v) is 7.13. The van der Waals surface area contributed by atoms with Gasteiger partial charge in [0.2, 0.25) is 10.0 Å². The van der Waals surface area contributed by atoms with E-state index in [9.17, 15) is 8.42 Å². The second-order valence-electron chi connectivity index (χ2n) is 3.83. The molecule has 0 saturated carbocycles. The van der Waals surface area contributed by atoms with Crippen LogP contribution in [0.2, 0.25) is 0 Å². The van der Waals surface area contributed by atoms with Crippen molar-refractivity contribution >= 4 is 27.2 Å². The molecule has 2 rings (SSSR count). The van der Waals surface area contributed by atoms with E-state index in [1.54, 1.807) is 6.07 Å². The van der Waals surface area contributed by atoms with E-state index in [1.165, 1.54) is 16.6 Å². The fraction of sp³-hybridized carbons (Fsp3) is 0.400. The van der Waals surface area contributed by atoms with Crippen LogP contribution in [0.3, 0.4) is 0 Å². The summed E-state index contributed by atoms with van der Waals surface area (Å²) in [5, 5.41) is 0. The van der Waals surface area contributed by atoms with Crippen molar-refractivity contribution in [2.75, 3.05) is 13.1 Å². The van der Waals surface area contributed by atoms with Crippen molar-refractivity contribution in [1.29, 1.82) is 0 Å². The van der Waals surface area contributed by atoms with Gasteiger partial charge in [0, 0.05) is 19.3 Å². The van der Waals surface area contributed by atoms with Gasteiger partial charge >= 0.3 is 0 Å². The normalized spacial score (nSPS) is 17.2. The molecule has 0 radical (unpaired) electrons. The van der Waals surface area contributed by atoms with E-state index in [-0.39, 0.29) is 15.6 Å². The molecule has 1 aliphatic heterocycles. The van der Waals surface area contributed by atoms with E-state index in [1.807, 2.05) is 0 Å². The van der Waals surface area contributed by atoms with E-state index in [4.69, 9.17) is 18.0 Å². The van der Waals surface area contributed by atoms with Crippen molar-refractivity contribution in [2.45, 2.75) is 17.7 Å². The van der Waals surface area contributed by atoms with Crippen molar-refractivity contribution in [3.05, 3.63) is 24.0 Å². The van der Waals surface area contributed by atoms with Crippen LogP contribution in [0.1, 0.15) is 18.5 Å². The summed E-state index contributed by atoms with van der Waals surface area (Å²) < 4.78 is 26.1. The number of nitrogens with zero attached hydrogens (tertiary/aromatic N) is 2. The maximum Gasteiger partial charge on any atom is 0.245 e. The molecule has 0 aliphatic carbocycles. The number of nitrogens with two attached hydrogens (primary N) is 1. The summed E-state index contributed by atoms with van der Waals surface area (Å²) in [4.78, 5) is 4.05. The molecule has 17 heavy (non-hydrogen) atoms. The quantitative estimate of drug-likeness (QED) is 0.810. The van der Waals surface area contributed by atoms with Crippen LogP contribution in [0.4, 0.5) is 0 Å². The van der Waals surface area contributed by atoms with Crippen molar-refractivity contribution in [3.8, 4) is 0 Å². The molecular formula is C10H13N3O2S2. The van der Waals surface area contributed by atoms with Gasteiger partial charge in [0.1, 0.15) is 15.6 Å².